The number of nitrogens with zero attached hydrogens (tertiary/aromatic N) is 1. The van der Waals surface area contributed by atoms with Crippen molar-refractivity contribution in [3.05, 3.63) is 126 Å². The highest BCUT2D eigenvalue weighted by atomic mass is 28.4. The lowest BCUT2D eigenvalue weighted by Gasteiger charge is -2.44. The van der Waals surface area contributed by atoms with Crippen LogP contribution in [0.2, 0.25) is 5.04 Å². The first-order chi connectivity index (χ1) is 21.1. The molecule has 7 heteroatoms. The molecule has 0 aliphatic carbocycles. The van der Waals surface area contributed by atoms with E-state index in [1.165, 1.54) is 7.11 Å². The van der Waals surface area contributed by atoms with Crippen molar-refractivity contribution in [3.63, 3.8) is 0 Å². The van der Waals surface area contributed by atoms with Gasteiger partial charge in [0.15, 0.2) is 0 Å². The van der Waals surface area contributed by atoms with Gasteiger partial charge in [-0.2, -0.15) is 0 Å². The predicted molar refractivity (Wildman–Crippen MR) is 176 cm³/mol. The van der Waals surface area contributed by atoms with Crippen molar-refractivity contribution in [2.75, 3.05) is 20.8 Å². The van der Waals surface area contributed by atoms with Crippen LogP contribution in [0.25, 0.3) is 0 Å². The lowest BCUT2D eigenvalue weighted by atomic mass is 9.87. The Morgan fingerprint density at radius 2 is 1.32 bits per heavy atom. The van der Waals surface area contributed by atoms with Crippen molar-refractivity contribution < 1.29 is 23.5 Å². The van der Waals surface area contributed by atoms with E-state index in [9.17, 15) is 9.59 Å². The number of carbonyl (C=O) groups is 2. The van der Waals surface area contributed by atoms with E-state index in [0.29, 0.717) is 12.0 Å². The molecule has 4 aromatic rings. The van der Waals surface area contributed by atoms with Gasteiger partial charge in [-0.1, -0.05) is 112 Å². The molecule has 228 valence electrons. The minimum Gasteiger partial charge on any atom is -0.497 e. The lowest BCUT2D eigenvalue weighted by molar-refractivity contribution is -0.152. The summed E-state index contributed by atoms with van der Waals surface area (Å²) in [6.45, 7) is 6.94. The minimum atomic E-state index is -2.98. The van der Waals surface area contributed by atoms with Crippen molar-refractivity contribution >= 4 is 30.6 Å². The van der Waals surface area contributed by atoms with Gasteiger partial charge in [0.05, 0.1) is 20.3 Å². The van der Waals surface area contributed by atoms with Crippen LogP contribution in [0.1, 0.15) is 43.1 Å². The van der Waals surface area contributed by atoms with Crippen molar-refractivity contribution in [2.45, 2.75) is 50.3 Å². The summed E-state index contributed by atoms with van der Waals surface area (Å²) >= 11 is 0. The number of methoxy groups -OCH3 is 2. The second kappa shape index (κ2) is 12.8. The number of ether oxygens (including phenoxy) is 2. The first-order valence-electron chi connectivity index (χ1n) is 15.0. The van der Waals surface area contributed by atoms with Crippen molar-refractivity contribution in [3.8, 4) is 5.75 Å². The lowest BCUT2D eigenvalue weighted by Crippen LogP contribution is -2.67. The van der Waals surface area contributed by atoms with Crippen molar-refractivity contribution in [2.24, 2.45) is 0 Å². The zero-order chi connectivity index (χ0) is 31.4. The van der Waals surface area contributed by atoms with Crippen LogP contribution >= 0.6 is 0 Å². The standard InChI is InChI=1S/C37H41NO5Si/c1-36(2,3)44(32-17-11-7-12-18-32,33-19-13-8-14-20-33)43-31-26-37(35(40)42-5,25-28-21-23-30(41-4)24-22-28)38(27-31)34(39)29-15-9-6-10-16-29/h6-24,31H,25-27H2,1-5H3/t31-,37+/m1/s1. The average molecular weight is 608 g/mol. The maximum Gasteiger partial charge on any atom is 0.332 e. The summed E-state index contributed by atoms with van der Waals surface area (Å²) < 4.78 is 18.3. The minimum absolute atomic E-state index is 0.224. The molecule has 6 nitrogen and oxygen atoms in total. The molecule has 0 bridgehead atoms. The smallest absolute Gasteiger partial charge is 0.332 e. The summed E-state index contributed by atoms with van der Waals surface area (Å²) in [4.78, 5) is 29.9. The molecule has 0 saturated carbocycles. The van der Waals surface area contributed by atoms with Gasteiger partial charge in [0, 0.05) is 24.9 Å². The molecule has 4 aromatic carbocycles. The third-order valence-corrected chi connectivity index (χ3v) is 13.8. The average Bonchev–Trinajstić information content (AvgIpc) is 3.42. The summed E-state index contributed by atoms with van der Waals surface area (Å²) in [5.41, 5.74) is 0.140. The molecule has 0 spiro atoms. The zero-order valence-corrected chi connectivity index (χ0v) is 27.2. The van der Waals surface area contributed by atoms with Gasteiger partial charge >= 0.3 is 5.97 Å². The van der Waals surface area contributed by atoms with Gasteiger partial charge in [0.25, 0.3) is 14.2 Å². The van der Waals surface area contributed by atoms with Gasteiger partial charge in [0.1, 0.15) is 11.3 Å². The van der Waals surface area contributed by atoms with Crippen LogP contribution in [0.5, 0.6) is 5.75 Å². The Morgan fingerprint density at radius 1 is 0.795 bits per heavy atom. The largest absolute Gasteiger partial charge is 0.497 e. The number of hydrogen-bond acceptors (Lipinski definition) is 5. The Bertz CT molecular complexity index is 1520. The number of likely N-dealkylation sites (tertiary alicyclic amines) is 1. The number of hydrogen-bond donors (Lipinski definition) is 0. The highest BCUT2D eigenvalue weighted by molar-refractivity contribution is 6.99. The zero-order valence-electron chi connectivity index (χ0n) is 26.2. The van der Waals surface area contributed by atoms with Crippen molar-refractivity contribution in [1.29, 1.82) is 0 Å². The number of carbonyl (C=O) groups excluding carboxylic acids is 2. The molecule has 1 aliphatic heterocycles. The molecule has 0 radical (unpaired) electrons. The second-order valence-electron chi connectivity index (χ2n) is 12.4. The summed E-state index contributed by atoms with van der Waals surface area (Å²) in [6.07, 6.45) is 0.156. The fraction of sp³-hybridized carbons (Fsp3) is 0.297. The molecule has 1 fully saturated rings. The molecule has 0 N–H and O–H groups in total. The molecule has 1 saturated heterocycles. The highest BCUT2D eigenvalue weighted by Crippen LogP contribution is 2.43. The predicted octanol–water partition coefficient (Wildman–Crippen LogP) is 5.64. The number of amides is 1. The van der Waals surface area contributed by atoms with Gasteiger partial charge in [-0.25, -0.2) is 4.79 Å². The molecule has 1 amide bonds. The summed E-state index contributed by atoms with van der Waals surface area (Å²) in [7, 11) is 0.0320. The third kappa shape index (κ3) is 5.82. The van der Waals surface area contributed by atoms with E-state index < -0.39 is 25.9 Å². The Kier molecular flexibility index (Phi) is 9.09. The maximum atomic E-state index is 14.3. The summed E-state index contributed by atoms with van der Waals surface area (Å²) in [5, 5.41) is 2.02. The molecular formula is C37H41NO5Si. The summed E-state index contributed by atoms with van der Waals surface area (Å²) in [5.74, 6) is 0.0432. The Hall–Kier alpha value is -4.20. The van der Waals surface area contributed by atoms with E-state index in [1.807, 2.05) is 54.6 Å². The van der Waals surface area contributed by atoms with Crippen LogP contribution in [-0.4, -0.2) is 57.5 Å². The fourth-order valence-electron chi connectivity index (χ4n) is 6.67. The molecule has 1 aliphatic rings. The van der Waals surface area contributed by atoms with E-state index >= 15 is 0 Å². The van der Waals surface area contributed by atoms with Gasteiger partial charge < -0.3 is 18.8 Å². The molecular weight excluding hydrogens is 566 g/mol. The van der Waals surface area contributed by atoms with Crippen LogP contribution in [0.3, 0.4) is 0 Å². The van der Waals surface area contributed by atoms with Crippen LogP contribution in [0.15, 0.2) is 115 Å². The van der Waals surface area contributed by atoms with Crippen molar-refractivity contribution in [1.82, 2.24) is 4.90 Å². The Morgan fingerprint density at radius 3 is 1.80 bits per heavy atom. The van der Waals surface area contributed by atoms with Gasteiger partial charge in [-0.3, -0.25) is 4.79 Å². The normalized spacial score (nSPS) is 18.6. The SMILES string of the molecule is COC(=O)[C@]1(Cc2ccc(OC)cc2)C[C@@H](O[Si](c2ccccc2)(c2ccccc2)C(C)(C)C)CN1C(=O)c1ccccc1. The molecule has 2 atom stereocenters. The maximum absolute atomic E-state index is 14.3. The second-order valence-corrected chi connectivity index (χ2v) is 16.7. The van der Waals surface area contributed by atoms with Gasteiger partial charge in [0.2, 0.25) is 0 Å². The molecule has 44 heavy (non-hydrogen) atoms. The Balaban J connectivity index is 1.65. The van der Waals surface area contributed by atoms with Gasteiger partial charge in [-0.15, -0.1) is 0 Å². The summed E-state index contributed by atoms with van der Waals surface area (Å²) in [6, 6.07) is 37.6. The number of benzene rings is 4. The Labute approximate surface area is 261 Å². The topological polar surface area (TPSA) is 65.1 Å². The quantitative estimate of drug-likeness (QED) is 0.182. The van der Waals surface area contributed by atoms with E-state index in [4.69, 9.17) is 13.9 Å². The molecule has 0 aromatic heterocycles. The molecule has 0 unspecified atom stereocenters. The van der Waals surface area contributed by atoms with E-state index in [1.54, 1.807) is 24.1 Å². The van der Waals surface area contributed by atoms with Crippen LogP contribution < -0.4 is 15.1 Å². The molecule has 5 rings (SSSR count). The van der Waals surface area contributed by atoms with Gasteiger partial charge in [-0.05, 0) is 45.2 Å². The van der Waals surface area contributed by atoms with E-state index in [0.717, 1.165) is 21.7 Å². The van der Waals surface area contributed by atoms with E-state index in [-0.39, 0.29) is 23.9 Å². The van der Waals surface area contributed by atoms with Crippen LogP contribution in [0, 0.1) is 0 Å². The monoisotopic (exact) mass is 607 g/mol. The fourth-order valence-corrected chi connectivity index (χ4v) is 11.3. The van der Waals surface area contributed by atoms with E-state index in [2.05, 4.69) is 69.3 Å². The first-order valence-corrected chi connectivity index (χ1v) is 16.9. The highest BCUT2D eigenvalue weighted by Gasteiger charge is 2.58. The first kappa shape index (κ1) is 31.2. The molecule has 1 heterocycles. The van der Waals surface area contributed by atoms with Crippen LogP contribution in [0.4, 0.5) is 0 Å². The third-order valence-electron chi connectivity index (χ3n) is 8.72. The number of esters is 1. The number of rotatable bonds is 9. The van der Waals surface area contributed by atoms with Crippen LogP contribution in [-0.2, 0) is 20.4 Å².